The number of halogens is 1. The molecule has 4 aromatic rings. The highest BCUT2D eigenvalue weighted by Gasteiger charge is 2.12. The summed E-state index contributed by atoms with van der Waals surface area (Å²) in [6, 6.07) is 16.4. The van der Waals surface area contributed by atoms with Gasteiger partial charge < -0.3 is 15.1 Å². The molecule has 0 radical (unpaired) electrons. The molecule has 0 saturated carbocycles. The number of anilines is 1. The van der Waals surface area contributed by atoms with Crippen molar-refractivity contribution in [2.75, 3.05) is 11.9 Å². The lowest BCUT2D eigenvalue weighted by Gasteiger charge is -2.11. The highest BCUT2D eigenvalue weighted by atomic mass is 35.5. The van der Waals surface area contributed by atoms with Crippen LogP contribution in [0, 0.1) is 5.41 Å². The van der Waals surface area contributed by atoms with Gasteiger partial charge in [0.1, 0.15) is 11.3 Å². The molecule has 0 bridgehead atoms. The summed E-state index contributed by atoms with van der Waals surface area (Å²) in [6.45, 7) is 2.91. The van der Waals surface area contributed by atoms with E-state index < -0.39 is 0 Å². The Morgan fingerprint density at radius 3 is 2.66 bits per heavy atom. The molecule has 2 N–H and O–H groups in total. The molecule has 5 nitrogen and oxygen atoms in total. The number of furan rings is 1. The summed E-state index contributed by atoms with van der Waals surface area (Å²) < 4.78 is 7.44. The van der Waals surface area contributed by atoms with E-state index in [0.29, 0.717) is 27.4 Å². The monoisotopic (exact) mass is 405 g/mol. The number of pyridine rings is 1. The van der Waals surface area contributed by atoms with Crippen molar-refractivity contribution in [3.63, 3.8) is 0 Å². The molecule has 0 aliphatic rings. The number of hydrogen-bond acceptors (Lipinski definition) is 4. The van der Waals surface area contributed by atoms with E-state index in [1.807, 2.05) is 30.3 Å². The lowest BCUT2D eigenvalue weighted by Crippen LogP contribution is -2.17. The summed E-state index contributed by atoms with van der Waals surface area (Å²) in [6.07, 6.45) is 3.98. The van der Waals surface area contributed by atoms with Crippen LogP contribution < -0.4 is 10.9 Å². The molecule has 0 amide bonds. The van der Waals surface area contributed by atoms with E-state index >= 15 is 0 Å². The quantitative estimate of drug-likeness (QED) is 0.403. The first-order valence-electron chi connectivity index (χ1n) is 9.40. The van der Waals surface area contributed by atoms with Gasteiger partial charge in [0, 0.05) is 46.5 Å². The maximum absolute atomic E-state index is 13.1. The molecule has 0 saturated heterocycles. The number of rotatable bonds is 6. The molecule has 0 aliphatic carbocycles. The Labute approximate surface area is 173 Å². The van der Waals surface area contributed by atoms with Gasteiger partial charge in [-0.05, 0) is 61.0 Å². The van der Waals surface area contributed by atoms with Crippen molar-refractivity contribution in [1.82, 2.24) is 4.57 Å². The molecule has 0 atom stereocenters. The van der Waals surface area contributed by atoms with Crippen LogP contribution in [0.4, 0.5) is 5.69 Å². The fourth-order valence-electron chi connectivity index (χ4n) is 3.24. The Balaban J connectivity index is 1.77. The molecule has 0 spiro atoms. The molecule has 146 valence electrons. The summed E-state index contributed by atoms with van der Waals surface area (Å²) in [4.78, 5) is 13.1. The Morgan fingerprint density at radius 2 is 1.93 bits per heavy atom. The number of hydrogen-bond donors (Lipinski definition) is 2. The van der Waals surface area contributed by atoms with E-state index in [-0.39, 0.29) is 5.56 Å². The Hall–Kier alpha value is -3.31. The molecule has 2 aromatic carbocycles. The van der Waals surface area contributed by atoms with Gasteiger partial charge >= 0.3 is 0 Å². The first-order chi connectivity index (χ1) is 14.1. The molecule has 0 aliphatic heterocycles. The Bertz CT molecular complexity index is 1240. The molecule has 4 rings (SSSR count). The molecule has 29 heavy (non-hydrogen) atoms. The van der Waals surface area contributed by atoms with Crippen LogP contribution in [0.5, 0.6) is 0 Å². The maximum atomic E-state index is 13.1. The second-order valence-corrected chi connectivity index (χ2v) is 7.17. The number of nitrogens with zero attached hydrogens (tertiary/aromatic N) is 1. The van der Waals surface area contributed by atoms with Crippen LogP contribution in [0.2, 0.25) is 5.02 Å². The smallest absolute Gasteiger partial charge is 0.266 e. The third-order valence-electron chi connectivity index (χ3n) is 4.75. The van der Waals surface area contributed by atoms with Gasteiger partial charge in [0.05, 0.1) is 5.39 Å². The van der Waals surface area contributed by atoms with Gasteiger partial charge in [-0.1, -0.05) is 18.5 Å². The van der Waals surface area contributed by atoms with E-state index in [1.165, 1.54) is 6.21 Å². The SMILES string of the molecule is CCCNc1ccc(-n2ccc3oc(-c4ccc(Cl)cc4)cc3c2=O)cc1C=N. The summed E-state index contributed by atoms with van der Waals surface area (Å²) in [5.74, 6) is 0.616. The van der Waals surface area contributed by atoms with Gasteiger partial charge in [0.25, 0.3) is 5.56 Å². The van der Waals surface area contributed by atoms with Crippen molar-refractivity contribution in [3.8, 4) is 17.0 Å². The molecular weight excluding hydrogens is 386 g/mol. The number of aromatic nitrogens is 1. The number of fused-ring (bicyclic) bond motifs is 1. The van der Waals surface area contributed by atoms with Crippen LogP contribution in [-0.2, 0) is 0 Å². The lowest BCUT2D eigenvalue weighted by atomic mass is 10.1. The van der Waals surface area contributed by atoms with Crippen LogP contribution in [-0.4, -0.2) is 17.3 Å². The summed E-state index contributed by atoms with van der Waals surface area (Å²) >= 11 is 5.95. The van der Waals surface area contributed by atoms with Crippen molar-refractivity contribution in [2.24, 2.45) is 0 Å². The van der Waals surface area contributed by atoms with Gasteiger partial charge in [-0.3, -0.25) is 9.36 Å². The first-order valence-corrected chi connectivity index (χ1v) is 9.78. The van der Waals surface area contributed by atoms with Crippen LogP contribution in [0.3, 0.4) is 0 Å². The van der Waals surface area contributed by atoms with Crippen LogP contribution >= 0.6 is 11.6 Å². The summed E-state index contributed by atoms with van der Waals surface area (Å²) in [5.41, 5.74) is 3.53. The minimum atomic E-state index is -0.170. The van der Waals surface area contributed by atoms with Crippen molar-refractivity contribution in [1.29, 1.82) is 5.41 Å². The molecule has 2 aromatic heterocycles. The molecule has 2 heterocycles. The third kappa shape index (κ3) is 3.69. The lowest BCUT2D eigenvalue weighted by molar-refractivity contribution is 0.630. The zero-order chi connectivity index (χ0) is 20.4. The summed E-state index contributed by atoms with van der Waals surface area (Å²) in [5, 5.41) is 12.1. The highest BCUT2D eigenvalue weighted by molar-refractivity contribution is 6.30. The molecular formula is C23H20ClN3O2. The van der Waals surface area contributed by atoms with Crippen LogP contribution in [0.1, 0.15) is 18.9 Å². The van der Waals surface area contributed by atoms with E-state index in [9.17, 15) is 4.79 Å². The second kappa shape index (κ2) is 7.97. The third-order valence-corrected chi connectivity index (χ3v) is 5.00. The van der Waals surface area contributed by atoms with Gasteiger partial charge in [0.15, 0.2) is 0 Å². The minimum Gasteiger partial charge on any atom is -0.456 e. The Kier molecular flexibility index (Phi) is 5.23. The van der Waals surface area contributed by atoms with Gasteiger partial charge in [-0.2, -0.15) is 0 Å². The van der Waals surface area contributed by atoms with E-state index in [4.69, 9.17) is 21.4 Å². The number of benzene rings is 2. The predicted molar refractivity (Wildman–Crippen MR) is 119 cm³/mol. The highest BCUT2D eigenvalue weighted by Crippen LogP contribution is 2.27. The Morgan fingerprint density at radius 1 is 1.14 bits per heavy atom. The van der Waals surface area contributed by atoms with Crippen LogP contribution in [0.15, 0.2) is 70.0 Å². The summed E-state index contributed by atoms with van der Waals surface area (Å²) in [7, 11) is 0. The average molecular weight is 406 g/mol. The standard InChI is InChI=1S/C23H20ClN3O2/c1-2-10-26-20-8-7-18(12-16(20)14-25)27-11-9-21-19(23(27)28)13-22(29-21)15-3-5-17(24)6-4-15/h3-9,11-14,25-26H,2,10H2,1H3. The van der Waals surface area contributed by atoms with Crippen molar-refractivity contribution in [3.05, 3.63) is 81.7 Å². The molecule has 6 heteroatoms. The second-order valence-electron chi connectivity index (χ2n) is 6.73. The largest absolute Gasteiger partial charge is 0.456 e. The van der Waals surface area contributed by atoms with Gasteiger partial charge in [0.2, 0.25) is 0 Å². The van der Waals surface area contributed by atoms with E-state index in [2.05, 4.69) is 12.2 Å². The van der Waals surface area contributed by atoms with E-state index in [0.717, 1.165) is 29.8 Å². The van der Waals surface area contributed by atoms with Gasteiger partial charge in [-0.15, -0.1) is 0 Å². The molecule has 0 fully saturated rings. The zero-order valence-corrected chi connectivity index (χ0v) is 16.7. The molecule has 0 unspecified atom stereocenters. The fourth-order valence-corrected chi connectivity index (χ4v) is 3.36. The van der Waals surface area contributed by atoms with Crippen molar-refractivity contribution < 1.29 is 4.42 Å². The maximum Gasteiger partial charge on any atom is 0.266 e. The van der Waals surface area contributed by atoms with Gasteiger partial charge in [-0.25, -0.2) is 0 Å². The first kappa shape index (κ1) is 19.0. The fraction of sp³-hybridized carbons (Fsp3) is 0.130. The average Bonchev–Trinajstić information content (AvgIpc) is 3.18. The number of nitrogens with one attached hydrogen (secondary N) is 2. The zero-order valence-electron chi connectivity index (χ0n) is 15.9. The van der Waals surface area contributed by atoms with Crippen molar-refractivity contribution in [2.45, 2.75) is 13.3 Å². The normalized spacial score (nSPS) is 11.0. The minimum absolute atomic E-state index is 0.170. The topological polar surface area (TPSA) is 71.0 Å². The van der Waals surface area contributed by atoms with Crippen molar-refractivity contribution >= 4 is 34.5 Å². The predicted octanol–water partition coefficient (Wildman–Crippen LogP) is 5.72. The van der Waals surface area contributed by atoms with E-state index in [1.54, 1.807) is 35.0 Å². The van der Waals surface area contributed by atoms with Crippen LogP contribution in [0.25, 0.3) is 28.0 Å².